The molecule has 2 aliphatic heterocycles. The summed E-state index contributed by atoms with van der Waals surface area (Å²) < 4.78 is 0. The number of aryl methyl sites for hydroxylation is 1. The van der Waals surface area contributed by atoms with Gasteiger partial charge in [0.25, 0.3) is 0 Å². The number of piperidine rings is 1. The Morgan fingerprint density at radius 1 is 1.24 bits per heavy atom. The molecule has 2 fully saturated rings. The van der Waals surface area contributed by atoms with Crippen LogP contribution >= 0.6 is 24.0 Å². The van der Waals surface area contributed by atoms with Gasteiger partial charge in [0.1, 0.15) is 0 Å². The summed E-state index contributed by atoms with van der Waals surface area (Å²) in [6, 6.07) is 8.59. The molecule has 1 atom stereocenters. The van der Waals surface area contributed by atoms with E-state index in [2.05, 4.69) is 44.8 Å². The van der Waals surface area contributed by atoms with E-state index in [4.69, 9.17) is 0 Å². The van der Waals surface area contributed by atoms with Crippen LogP contribution in [0.4, 0.5) is 4.79 Å². The van der Waals surface area contributed by atoms with Gasteiger partial charge in [-0.05, 0) is 43.2 Å². The number of likely N-dealkylation sites (tertiary alicyclic amines) is 1. The smallest absolute Gasteiger partial charge is 0.324 e. The summed E-state index contributed by atoms with van der Waals surface area (Å²) in [6.45, 7) is 2.90. The van der Waals surface area contributed by atoms with Gasteiger partial charge in [0.05, 0.1) is 6.54 Å². The van der Waals surface area contributed by atoms with Crippen LogP contribution in [0.25, 0.3) is 0 Å². The maximum atomic E-state index is 11.7. The van der Waals surface area contributed by atoms with Crippen LogP contribution in [0.2, 0.25) is 0 Å². The minimum Gasteiger partial charge on any atom is -0.354 e. The normalized spacial score (nSPS) is 24.2. The van der Waals surface area contributed by atoms with E-state index in [0.29, 0.717) is 13.1 Å². The maximum Gasteiger partial charge on any atom is 0.324 e. The van der Waals surface area contributed by atoms with Crippen molar-refractivity contribution < 1.29 is 9.59 Å². The van der Waals surface area contributed by atoms with E-state index in [-0.39, 0.29) is 47.9 Å². The van der Waals surface area contributed by atoms with Gasteiger partial charge >= 0.3 is 6.03 Å². The van der Waals surface area contributed by atoms with E-state index in [1.807, 2.05) is 0 Å². The lowest BCUT2D eigenvalue weighted by Gasteiger charge is -2.47. The number of rotatable bonds is 3. The van der Waals surface area contributed by atoms with Gasteiger partial charge in [-0.25, -0.2) is 4.79 Å². The van der Waals surface area contributed by atoms with Crippen LogP contribution in [-0.2, 0) is 16.6 Å². The predicted octanol–water partition coefficient (Wildman–Crippen LogP) is 2.10. The summed E-state index contributed by atoms with van der Waals surface area (Å²) in [4.78, 5) is 31.5. The molecule has 2 N–H and O–H groups in total. The number of imide groups is 1. The molecule has 2 saturated heterocycles. The highest BCUT2D eigenvalue weighted by Crippen LogP contribution is 2.43. The van der Waals surface area contributed by atoms with E-state index in [1.54, 1.807) is 7.05 Å². The van der Waals surface area contributed by atoms with Crippen molar-refractivity contribution in [3.05, 3.63) is 35.4 Å². The Kier molecular flexibility index (Phi) is 7.02. The molecule has 3 aliphatic rings. The van der Waals surface area contributed by atoms with E-state index in [1.165, 1.54) is 41.7 Å². The van der Waals surface area contributed by atoms with Crippen molar-refractivity contribution in [3.8, 4) is 0 Å². The summed E-state index contributed by atoms with van der Waals surface area (Å²) in [5, 5.41) is 5.91. The number of aliphatic imine (C=N–C) groups is 1. The molecule has 7 nitrogen and oxygen atoms in total. The second-order valence-corrected chi connectivity index (χ2v) is 7.99. The first-order valence-electron chi connectivity index (χ1n) is 10.3. The van der Waals surface area contributed by atoms with Gasteiger partial charge in [0, 0.05) is 38.6 Å². The largest absolute Gasteiger partial charge is 0.354 e. The van der Waals surface area contributed by atoms with Crippen molar-refractivity contribution in [1.29, 1.82) is 0 Å². The molecule has 0 radical (unpaired) electrons. The fraction of sp³-hybridized carbons (Fsp3) is 0.571. The molecule has 158 valence electrons. The molecule has 1 aromatic carbocycles. The number of carbonyl (C=O) groups excluding carboxylic acids is 2. The number of guanidine groups is 1. The second-order valence-electron chi connectivity index (χ2n) is 7.99. The fourth-order valence-electron chi connectivity index (χ4n) is 5.04. The number of nitrogens with zero attached hydrogens (tertiary/aromatic N) is 3. The number of nitrogens with one attached hydrogen (secondary N) is 2. The minimum absolute atomic E-state index is 0. The van der Waals surface area contributed by atoms with Gasteiger partial charge < -0.3 is 15.5 Å². The zero-order valence-corrected chi connectivity index (χ0v) is 19.3. The van der Waals surface area contributed by atoms with Gasteiger partial charge in [-0.15, -0.1) is 24.0 Å². The van der Waals surface area contributed by atoms with Crippen molar-refractivity contribution in [1.82, 2.24) is 20.4 Å². The first-order valence-corrected chi connectivity index (χ1v) is 10.3. The third-order valence-corrected chi connectivity index (χ3v) is 6.33. The van der Waals surface area contributed by atoms with Crippen molar-refractivity contribution in [2.75, 3.05) is 39.8 Å². The van der Waals surface area contributed by atoms with E-state index in [0.717, 1.165) is 25.5 Å². The number of hydrogen-bond donors (Lipinski definition) is 2. The Morgan fingerprint density at radius 3 is 2.79 bits per heavy atom. The topological polar surface area (TPSA) is 77.0 Å². The quantitative estimate of drug-likeness (QED) is 0.282. The van der Waals surface area contributed by atoms with Crippen LogP contribution in [0.5, 0.6) is 0 Å². The lowest BCUT2D eigenvalue weighted by atomic mass is 9.66. The highest BCUT2D eigenvalue weighted by atomic mass is 127. The number of fused-ring (bicyclic) bond motifs is 2. The minimum atomic E-state index is -0.308. The van der Waals surface area contributed by atoms with Crippen molar-refractivity contribution in [3.63, 3.8) is 0 Å². The molecule has 8 heteroatoms. The molecule has 0 saturated carbocycles. The number of amides is 3. The highest BCUT2D eigenvalue weighted by molar-refractivity contribution is 14.0. The molecule has 0 aromatic heterocycles. The second kappa shape index (κ2) is 9.32. The summed E-state index contributed by atoms with van der Waals surface area (Å²) in [6.07, 6.45) is 6.00. The first-order chi connectivity index (χ1) is 13.6. The van der Waals surface area contributed by atoms with E-state index < -0.39 is 0 Å². The molecular weight excluding hydrogens is 481 g/mol. The molecule has 3 amide bonds. The van der Waals surface area contributed by atoms with Gasteiger partial charge in [-0.1, -0.05) is 24.3 Å². The lowest BCUT2D eigenvalue weighted by Crippen LogP contribution is -2.54. The lowest BCUT2D eigenvalue weighted by molar-refractivity contribution is -0.124. The molecule has 1 unspecified atom stereocenters. The van der Waals surface area contributed by atoms with Gasteiger partial charge in [0.15, 0.2) is 5.96 Å². The Labute approximate surface area is 189 Å². The van der Waals surface area contributed by atoms with E-state index >= 15 is 0 Å². The van der Waals surface area contributed by atoms with Gasteiger partial charge in [-0.3, -0.25) is 14.7 Å². The average molecular weight is 511 g/mol. The molecule has 2 heterocycles. The van der Waals surface area contributed by atoms with Crippen LogP contribution in [-0.4, -0.2) is 67.5 Å². The number of halogens is 1. The van der Waals surface area contributed by atoms with Crippen LogP contribution in [0, 0.1) is 0 Å². The fourth-order valence-corrected chi connectivity index (χ4v) is 5.04. The van der Waals surface area contributed by atoms with Crippen LogP contribution in [0.1, 0.15) is 36.8 Å². The molecule has 29 heavy (non-hydrogen) atoms. The van der Waals surface area contributed by atoms with E-state index in [9.17, 15) is 9.59 Å². The van der Waals surface area contributed by atoms with Crippen molar-refractivity contribution >= 4 is 41.9 Å². The molecule has 1 aliphatic carbocycles. The van der Waals surface area contributed by atoms with Gasteiger partial charge in [-0.2, -0.15) is 0 Å². The van der Waals surface area contributed by atoms with Crippen molar-refractivity contribution in [2.24, 2.45) is 4.99 Å². The van der Waals surface area contributed by atoms with Crippen molar-refractivity contribution in [2.45, 2.75) is 37.5 Å². The Morgan fingerprint density at radius 2 is 2.03 bits per heavy atom. The first kappa shape index (κ1) is 21.9. The molecule has 4 rings (SSSR count). The summed E-state index contributed by atoms with van der Waals surface area (Å²) in [5.41, 5.74) is 3.22. The Hall–Kier alpha value is -1.84. The molecule has 1 aromatic rings. The average Bonchev–Trinajstić information content (AvgIpc) is 3.04. The Bertz CT molecular complexity index is 783. The van der Waals surface area contributed by atoms with Crippen LogP contribution < -0.4 is 10.6 Å². The monoisotopic (exact) mass is 511 g/mol. The maximum absolute atomic E-state index is 11.7. The number of hydrogen-bond acceptors (Lipinski definition) is 3. The number of carbonyl (C=O) groups is 2. The zero-order chi connectivity index (χ0) is 19.6. The summed E-state index contributed by atoms with van der Waals surface area (Å²) in [5.74, 6) is 0.687. The molecular formula is C21H30IN5O2. The predicted molar refractivity (Wildman–Crippen MR) is 124 cm³/mol. The zero-order valence-electron chi connectivity index (χ0n) is 16.9. The Balaban J connectivity index is 0.00000240. The van der Waals surface area contributed by atoms with Crippen LogP contribution in [0.15, 0.2) is 29.3 Å². The summed E-state index contributed by atoms with van der Waals surface area (Å²) in [7, 11) is 1.80. The van der Waals surface area contributed by atoms with Gasteiger partial charge in [0.2, 0.25) is 5.91 Å². The number of urea groups is 1. The number of benzene rings is 1. The molecule has 1 spiro atoms. The molecule has 0 bridgehead atoms. The van der Waals surface area contributed by atoms with Crippen LogP contribution in [0.3, 0.4) is 0 Å². The third-order valence-electron chi connectivity index (χ3n) is 6.33. The standard InChI is InChI=1S/C21H29N5O2.HI/c1-22-19(23-11-13-26-18(27)14-24-20(26)28)25-12-5-10-21(15-25)9-4-7-16-6-2-3-8-17(16)21;/h2-3,6,8H,4-5,7,9-15H2,1H3,(H,22,23)(H,24,28);1H. The SMILES string of the molecule is CN=C(NCCN1C(=O)CNC1=O)N1CCCC2(CCCc3ccccc32)C1.I. The summed E-state index contributed by atoms with van der Waals surface area (Å²) >= 11 is 0. The third kappa shape index (κ3) is 4.36. The highest BCUT2D eigenvalue weighted by Gasteiger charge is 2.40.